The van der Waals surface area contributed by atoms with E-state index < -0.39 is 29.6 Å². The van der Waals surface area contributed by atoms with Crippen LogP contribution in [0, 0.1) is 0 Å². The standard InChI is InChI=1S/C10H9ClF3NO2/c1-17-9-3-6(10(12,13)14)5(2-7(9)11)8(16)4-15/h2-3H,4,15H2,1H3. The molecular weight excluding hydrogens is 259 g/mol. The normalized spacial score (nSPS) is 11.4. The third-order valence-corrected chi connectivity index (χ3v) is 2.38. The first-order valence-corrected chi connectivity index (χ1v) is 4.87. The first-order chi connectivity index (χ1) is 7.81. The van der Waals surface area contributed by atoms with Crippen LogP contribution in [0.15, 0.2) is 12.1 Å². The third-order valence-electron chi connectivity index (χ3n) is 2.08. The first kappa shape index (κ1) is 13.8. The average Bonchev–Trinajstić information content (AvgIpc) is 2.26. The topological polar surface area (TPSA) is 52.3 Å². The maximum Gasteiger partial charge on any atom is 0.417 e. The molecule has 0 fully saturated rings. The summed E-state index contributed by atoms with van der Waals surface area (Å²) >= 11 is 5.67. The fourth-order valence-corrected chi connectivity index (χ4v) is 1.53. The largest absolute Gasteiger partial charge is 0.495 e. The number of carbonyl (C=O) groups is 1. The monoisotopic (exact) mass is 267 g/mol. The molecule has 0 aromatic heterocycles. The van der Waals surface area contributed by atoms with E-state index in [9.17, 15) is 18.0 Å². The van der Waals surface area contributed by atoms with Crippen molar-refractivity contribution < 1.29 is 22.7 Å². The van der Waals surface area contributed by atoms with Gasteiger partial charge >= 0.3 is 6.18 Å². The molecule has 7 heteroatoms. The van der Waals surface area contributed by atoms with E-state index in [1.54, 1.807) is 0 Å². The summed E-state index contributed by atoms with van der Waals surface area (Å²) in [6.45, 7) is -0.522. The highest BCUT2D eigenvalue weighted by atomic mass is 35.5. The van der Waals surface area contributed by atoms with Crippen LogP contribution < -0.4 is 10.5 Å². The van der Waals surface area contributed by atoms with Crippen molar-refractivity contribution in [1.29, 1.82) is 0 Å². The van der Waals surface area contributed by atoms with Gasteiger partial charge in [-0.05, 0) is 12.1 Å². The maximum atomic E-state index is 12.7. The fraction of sp³-hybridized carbons (Fsp3) is 0.300. The molecule has 3 nitrogen and oxygen atoms in total. The van der Waals surface area contributed by atoms with E-state index in [0.29, 0.717) is 6.07 Å². The molecule has 0 unspecified atom stereocenters. The van der Waals surface area contributed by atoms with Crippen molar-refractivity contribution in [3.63, 3.8) is 0 Å². The minimum absolute atomic E-state index is 0.0719. The molecule has 0 saturated heterocycles. The first-order valence-electron chi connectivity index (χ1n) is 4.49. The van der Waals surface area contributed by atoms with Crippen LogP contribution in [-0.4, -0.2) is 19.4 Å². The second-order valence-electron chi connectivity index (χ2n) is 3.16. The van der Waals surface area contributed by atoms with Gasteiger partial charge in [-0.15, -0.1) is 0 Å². The Morgan fingerprint density at radius 1 is 1.47 bits per heavy atom. The van der Waals surface area contributed by atoms with Crippen LogP contribution in [0.25, 0.3) is 0 Å². The summed E-state index contributed by atoms with van der Waals surface area (Å²) in [5, 5.41) is -0.0719. The number of ketones is 1. The van der Waals surface area contributed by atoms with Crippen LogP contribution in [0.1, 0.15) is 15.9 Å². The summed E-state index contributed by atoms with van der Waals surface area (Å²) in [6.07, 6.45) is -4.67. The van der Waals surface area contributed by atoms with E-state index in [1.165, 1.54) is 7.11 Å². The predicted molar refractivity (Wildman–Crippen MR) is 56.4 cm³/mol. The molecule has 1 aromatic rings. The molecule has 0 amide bonds. The van der Waals surface area contributed by atoms with Crippen molar-refractivity contribution >= 4 is 17.4 Å². The lowest BCUT2D eigenvalue weighted by atomic mass is 10.0. The molecule has 0 atom stereocenters. The number of halogens is 4. The Morgan fingerprint density at radius 2 is 2.06 bits per heavy atom. The smallest absolute Gasteiger partial charge is 0.417 e. The minimum atomic E-state index is -4.67. The van der Waals surface area contributed by atoms with Crippen LogP contribution in [0.4, 0.5) is 13.2 Å². The van der Waals surface area contributed by atoms with Gasteiger partial charge in [-0.2, -0.15) is 13.2 Å². The van der Waals surface area contributed by atoms with E-state index in [0.717, 1.165) is 6.07 Å². The summed E-state index contributed by atoms with van der Waals surface area (Å²) in [4.78, 5) is 11.3. The zero-order valence-corrected chi connectivity index (χ0v) is 9.52. The molecule has 0 aliphatic rings. The van der Waals surface area contributed by atoms with Gasteiger partial charge in [0.25, 0.3) is 0 Å². The Bertz CT molecular complexity index is 446. The lowest BCUT2D eigenvalue weighted by molar-refractivity contribution is -0.138. The van der Waals surface area contributed by atoms with Gasteiger partial charge < -0.3 is 10.5 Å². The van der Waals surface area contributed by atoms with Crippen molar-refractivity contribution in [3.8, 4) is 5.75 Å². The number of benzene rings is 1. The molecule has 0 aliphatic carbocycles. The predicted octanol–water partition coefficient (Wildman–Crippen LogP) is 2.51. The van der Waals surface area contributed by atoms with E-state index in [2.05, 4.69) is 4.74 Å². The Balaban J connectivity index is 3.47. The van der Waals surface area contributed by atoms with E-state index in [-0.39, 0.29) is 10.8 Å². The number of ether oxygens (including phenoxy) is 1. The number of methoxy groups -OCH3 is 1. The van der Waals surface area contributed by atoms with Gasteiger partial charge in [-0.1, -0.05) is 11.6 Å². The lowest BCUT2D eigenvalue weighted by Crippen LogP contribution is -2.19. The van der Waals surface area contributed by atoms with E-state index in [1.807, 2.05) is 0 Å². The van der Waals surface area contributed by atoms with Crippen molar-refractivity contribution in [3.05, 3.63) is 28.3 Å². The Kier molecular flexibility index (Phi) is 4.00. The summed E-state index contributed by atoms with van der Waals surface area (Å²) in [7, 11) is 1.19. The molecule has 0 bridgehead atoms. The number of Topliss-reactive ketones (excluding diaryl/α,β-unsaturated/α-hetero) is 1. The van der Waals surface area contributed by atoms with Crippen molar-refractivity contribution in [2.24, 2.45) is 5.73 Å². The van der Waals surface area contributed by atoms with Gasteiger partial charge in [0.15, 0.2) is 5.78 Å². The second kappa shape index (κ2) is 4.93. The summed E-state index contributed by atoms with van der Waals surface area (Å²) in [5.41, 5.74) is 3.39. The summed E-state index contributed by atoms with van der Waals surface area (Å²) in [5.74, 6) is -0.977. The molecule has 94 valence electrons. The highest BCUT2D eigenvalue weighted by molar-refractivity contribution is 6.32. The highest BCUT2D eigenvalue weighted by Gasteiger charge is 2.36. The number of rotatable bonds is 3. The molecule has 17 heavy (non-hydrogen) atoms. The van der Waals surface area contributed by atoms with Gasteiger partial charge in [0, 0.05) is 5.56 Å². The van der Waals surface area contributed by atoms with Gasteiger partial charge in [0.2, 0.25) is 0 Å². The molecule has 1 aromatic carbocycles. The van der Waals surface area contributed by atoms with E-state index in [4.69, 9.17) is 17.3 Å². The van der Waals surface area contributed by atoms with Crippen LogP contribution in [0.2, 0.25) is 5.02 Å². The van der Waals surface area contributed by atoms with Crippen LogP contribution in [0.3, 0.4) is 0 Å². The molecular formula is C10H9ClF3NO2. The number of nitrogens with two attached hydrogens (primary N) is 1. The van der Waals surface area contributed by atoms with Gasteiger partial charge in [-0.25, -0.2) is 0 Å². The van der Waals surface area contributed by atoms with Crippen molar-refractivity contribution in [1.82, 2.24) is 0 Å². The molecule has 0 saturated carbocycles. The zero-order chi connectivity index (χ0) is 13.2. The van der Waals surface area contributed by atoms with Crippen LogP contribution in [-0.2, 0) is 6.18 Å². The second-order valence-corrected chi connectivity index (χ2v) is 3.56. The molecule has 0 heterocycles. The summed E-state index contributed by atoms with van der Waals surface area (Å²) in [6, 6.07) is 1.60. The van der Waals surface area contributed by atoms with Crippen molar-refractivity contribution in [2.45, 2.75) is 6.18 Å². The third kappa shape index (κ3) is 2.89. The molecule has 0 aliphatic heterocycles. The number of alkyl halides is 3. The van der Waals surface area contributed by atoms with Gasteiger partial charge in [0.1, 0.15) is 5.75 Å². The average molecular weight is 268 g/mol. The van der Waals surface area contributed by atoms with Gasteiger partial charge in [0.05, 0.1) is 24.2 Å². The quantitative estimate of drug-likeness (QED) is 0.856. The molecule has 1 rings (SSSR count). The van der Waals surface area contributed by atoms with Crippen molar-refractivity contribution in [2.75, 3.05) is 13.7 Å². The number of hydrogen-bond donors (Lipinski definition) is 1. The Morgan fingerprint density at radius 3 is 2.47 bits per heavy atom. The molecule has 0 spiro atoms. The SMILES string of the molecule is COc1cc(C(F)(F)F)c(C(=O)CN)cc1Cl. The summed E-state index contributed by atoms with van der Waals surface area (Å²) < 4.78 is 42.8. The Labute approximate surface area is 100 Å². The number of carbonyl (C=O) groups excluding carboxylic acids is 1. The minimum Gasteiger partial charge on any atom is -0.495 e. The lowest BCUT2D eigenvalue weighted by Gasteiger charge is -2.14. The maximum absolute atomic E-state index is 12.7. The molecule has 2 N–H and O–H groups in total. The van der Waals surface area contributed by atoms with Crippen LogP contribution >= 0.6 is 11.6 Å². The zero-order valence-electron chi connectivity index (χ0n) is 8.77. The highest BCUT2D eigenvalue weighted by Crippen LogP contribution is 2.37. The van der Waals surface area contributed by atoms with Crippen LogP contribution in [0.5, 0.6) is 5.75 Å². The number of hydrogen-bond acceptors (Lipinski definition) is 3. The Hall–Kier alpha value is -1.27. The van der Waals surface area contributed by atoms with Gasteiger partial charge in [-0.3, -0.25) is 4.79 Å². The van der Waals surface area contributed by atoms with E-state index >= 15 is 0 Å². The fourth-order valence-electron chi connectivity index (χ4n) is 1.29. The molecule has 0 radical (unpaired) electrons.